The number of benzene rings is 2. The van der Waals surface area contributed by atoms with Crippen LogP contribution in [-0.4, -0.2) is 42.7 Å². The lowest BCUT2D eigenvalue weighted by molar-refractivity contribution is 0.214. The Morgan fingerprint density at radius 3 is 2.82 bits per heavy atom. The Labute approximate surface area is 167 Å². The molecule has 0 bridgehead atoms. The van der Waals surface area contributed by atoms with E-state index in [0.717, 1.165) is 42.0 Å². The zero-order valence-corrected chi connectivity index (χ0v) is 16.6. The van der Waals surface area contributed by atoms with Crippen LogP contribution in [0.25, 0.3) is 10.9 Å². The van der Waals surface area contributed by atoms with E-state index in [1.165, 1.54) is 31.4 Å². The van der Waals surface area contributed by atoms with Crippen LogP contribution in [0.2, 0.25) is 0 Å². The number of piperidine rings is 1. The fraction of sp³-hybridized carbons (Fsp3) is 0.375. The number of methoxy groups -OCH3 is 1. The second kappa shape index (κ2) is 9.07. The number of hydrogen-bond acceptors (Lipinski definition) is 4. The maximum Gasteiger partial charge on any atom is 0.145 e. The quantitative estimate of drug-likeness (QED) is 0.646. The number of nitrogens with zero attached hydrogens (tertiary/aromatic N) is 2. The van der Waals surface area contributed by atoms with Gasteiger partial charge in [-0.1, -0.05) is 42.5 Å². The van der Waals surface area contributed by atoms with E-state index in [9.17, 15) is 0 Å². The van der Waals surface area contributed by atoms with Crippen LogP contribution >= 0.6 is 0 Å². The molecule has 4 rings (SSSR count). The smallest absolute Gasteiger partial charge is 0.145 e. The second-order valence-corrected chi connectivity index (χ2v) is 7.60. The number of rotatable bonds is 7. The van der Waals surface area contributed by atoms with Gasteiger partial charge in [-0.25, -0.2) is 4.98 Å². The minimum absolute atomic E-state index is 0.449. The van der Waals surface area contributed by atoms with Crippen LogP contribution < -0.4 is 10.1 Å². The molecule has 0 unspecified atom stereocenters. The highest BCUT2D eigenvalue weighted by atomic mass is 16.5. The molecule has 0 spiro atoms. The summed E-state index contributed by atoms with van der Waals surface area (Å²) in [5.74, 6) is 1.76. The van der Waals surface area contributed by atoms with Gasteiger partial charge in [0.2, 0.25) is 0 Å². The molecule has 4 nitrogen and oxygen atoms in total. The number of nitrogens with one attached hydrogen (secondary N) is 1. The summed E-state index contributed by atoms with van der Waals surface area (Å²) in [4.78, 5) is 7.40. The van der Waals surface area contributed by atoms with Gasteiger partial charge in [-0.15, -0.1) is 0 Å². The summed E-state index contributed by atoms with van der Waals surface area (Å²) in [6, 6.07) is 21.5. The van der Waals surface area contributed by atoms with Crippen molar-refractivity contribution in [2.75, 3.05) is 32.1 Å². The Hall–Kier alpha value is -2.59. The minimum Gasteiger partial charge on any atom is -0.494 e. The van der Waals surface area contributed by atoms with Gasteiger partial charge >= 0.3 is 0 Å². The highest BCUT2D eigenvalue weighted by Gasteiger charge is 2.20. The van der Waals surface area contributed by atoms with Crippen LogP contribution in [0.15, 0.2) is 60.7 Å². The largest absolute Gasteiger partial charge is 0.494 e. The first kappa shape index (κ1) is 18.8. The standard InChI is InChI=1S/C24H29N3O/c1-28-22-13-5-11-20-14-15-23(26-24(20)22)25-21-12-7-17-27(18-21)16-6-10-19-8-3-2-4-9-19/h2-5,8-9,11,13-15,21H,6-7,10,12,16-18H2,1H3,(H,25,26)/t21-/m0/s1. The summed E-state index contributed by atoms with van der Waals surface area (Å²) in [5, 5.41) is 4.76. The molecule has 1 aromatic heterocycles. The molecule has 2 aromatic carbocycles. The number of para-hydroxylation sites is 1. The Morgan fingerprint density at radius 1 is 1.07 bits per heavy atom. The van der Waals surface area contributed by atoms with Crippen molar-refractivity contribution >= 4 is 16.7 Å². The Kier molecular flexibility index (Phi) is 6.07. The number of hydrogen-bond donors (Lipinski definition) is 1. The van der Waals surface area contributed by atoms with Crippen LogP contribution in [0.5, 0.6) is 5.75 Å². The lowest BCUT2D eigenvalue weighted by atomic mass is 10.0. The number of fused-ring (bicyclic) bond motifs is 1. The molecular weight excluding hydrogens is 346 g/mol. The average Bonchev–Trinajstić information content (AvgIpc) is 2.74. The third-order valence-electron chi connectivity index (χ3n) is 5.54. The predicted molar refractivity (Wildman–Crippen MR) is 116 cm³/mol. The van der Waals surface area contributed by atoms with Gasteiger partial charge in [0.05, 0.1) is 7.11 Å². The third kappa shape index (κ3) is 4.63. The molecule has 28 heavy (non-hydrogen) atoms. The van der Waals surface area contributed by atoms with E-state index in [2.05, 4.69) is 58.7 Å². The number of aryl methyl sites for hydroxylation is 1. The van der Waals surface area contributed by atoms with Crippen LogP contribution in [0.3, 0.4) is 0 Å². The van der Waals surface area contributed by atoms with E-state index < -0.39 is 0 Å². The normalized spacial score (nSPS) is 17.5. The maximum atomic E-state index is 5.47. The first-order valence-electron chi connectivity index (χ1n) is 10.3. The fourth-order valence-corrected chi connectivity index (χ4v) is 4.10. The summed E-state index contributed by atoms with van der Waals surface area (Å²) >= 11 is 0. The number of aromatic nitrogens is 1. The van der Waals surface area contributed by atoms with Crippen molar-refractivity contribution in [3.05, 3.63) is 66.2 Å². The topological polar surface area (TPSA) is 37.4 Å². The monoisotopic (exact) mass is 375 g/mol. The lowest BCUT2D eigenvalue weighted by Gasteiger charge is -2.33. The molecule has 1 saturated heterocycles. The molecule has 1 fully saturated rings. The van der Waals surface area contributed by atoms with Crippen molar-refractivity contribution in [1.82, 2.24) is 9.88 Å². The molecule has 0 saturated carbocycles. The third-order valence-corrected chi connectivity index (χ3v) is 5.54. The minimum atomic E-state index is 0.449. The maximum absolute atomic E-state index is 5.47. The Morgan fingerprint density at radius 2 is 1.96 bits per heavy atom. The number of ether oxygens (including phenoxy) is 1. The van der Waals surface area contributed by atoms with E-state index in [1.807, 2.05) is 12.1 Å². The predicted octanol–water partition coefficient (Wildman–Crippen LogP) is 4.75. The highest BCUT2D eigenvalue weighted by Crippen LogP contribution is 2.25. The van der Waals surface area contributed by atoms with Gasteiger partial charge in [0.1, 0.15) is 17.1 Å². The summed E-state index contributed by atoms with van der Waals surface area (Å²) in [6.07, 6.45) is 4.80. The second-order valence-electron chi connectivity index (χ2n) is 7.60. The number of likely N-dealkylation sites (tertiary alicyclic amines) is 1. The van der Waals surface area contributed by atoms with Gasteiger partial charge in [0, 0.05) is 18.0 Å². The molecule has 1 N–H and O–H groups in total. The van der Waals surface area contributed by atoms with Gasteiger partial charge in [0.25, 0.3) is 0 Å². The van der Waals surface area contributed by atoms with E-state index in [0.29, 0.717) is 6.04 Å². The van der Waals surface area contributed by atoms with Gasteiger partial charge in [-0.05, 0) is 62.5 Å². The first-order valence-corrected chi connectivity index (χ1v) is 10.3. The van der Waals surface area contributed by atoms with Gasteiger partial charge in [-0.3, -0.25) is 0 Å². The lowest BCUT2D eigenvalue weighted by Crippen LogP contribution is -2.42. The summed E-state index contributed by atoms with van der Waals surface area (Å²) in [7, 11) is 1.70. The molecule has 0 aliphatic carbocycles. The van der Waals surface area contributed by atoms with Crippen LogP contribution in [-0.2, 0) is 6.42 Å². The van der Waals surface area contributed by atoms with E-state index in [1.54, 1.807) is 7.11 Å². The molecule has 146 valence electrons. The van der Waals surface area contributed by atoms with Crippen LogP contribution in [0.4, 0.5) is 5.82 Å². The number of anilines is 1. The highest BCUT2D eigenvalue weighted by molar-refractivity contribution is 5.85. The Bertz CT molecular complexity index is 897. The zero-order valence-electron chi connectivity index (χ0n) is 16.6. The first-order chi connectivity index (χ1) is 13.8. The van der Waals surface area contributed by atoms with E-state index >= 15 is 0 Å². The summed E-state index contributed by atoms with van der Waals surface area (Å²) in [6.45, 7) is 3.44. The van der Waals surface area contributed by atoms with Gasteiger partial charge < -0.3 is 15.0 Å². The van der Waals surface area contributed by atoms with E-state index in [-0.39, 0.29) is 0 Å². The molecule has 0 amide bonds. The van der Waals surface area contributed by atoms with Crippen molar-refractivity contribution in [3.63, 3.8) is 0 Å². The molecular formula is C24H29N3O. The fourth-order valence-electron chi connectivity index (χ4n) is 4.10. The van der Waals surface area contributed by atoms with Crippen molar-refractivity contribution in [3.8, 4) is 5.75 Å². The zero-order chi connectivity index (χ0) is 19.2. The summed E-state index contributed by atoms with van der Waals surface area (Å²) in [5.41, 5.74) is 2.36. The van der Waals surface area contributed by atoms with Crippen molar-refractivity contribution in [1.29, 1.82) is 0 Å². The van der Waals surface area contributed by atoms with Crippen molar-refractivity contribution < 1.29 is 4.74 Å². The SMILES string of the molecule is COc1cccc2ccc(N[C@H]3CCCN(CCCc4ccccc4)C3)nc12. The van der Waals surface area contributed by atoms with E-state index in [4.69, 9.17) is 9.72 Å². The molecule has 2 heterocycles. The van der Waals surface area contributed by atoms with Gasteiger partial charge in [-0.2, -0.15) is 0 Å². The molecule has 1 aliphatic rings. The molecule has 3 aromatic rings. The van der Waals surface area contributed by atoms with Crippen molar-refractivity contribution in [2.45, 2.75) is 31.7 Å². The Balaban J connectivity index is 1.34. The molecule has 0 radical (unpaired) electrons. The van der Waals surface area contributed by atoms with Gasteiger partial charge in [0.15, 0.2) is 0 Å². The molecule has 1 atom stereocenters. The molecule has 4 heteroatoms. The summed E-state index contributed by atoms with van der Waals surface area (Å²) < 4.78 is 5.47. The average molecular weight is 376 g/mol. The van der Waals surface area contributed by atoms with Crippen LogP contribution in [0.1, 0.15) is 24.8 Å². The number of pyridine rings is 1. The van der Waals surface area contributed by atoms with Crippen molar-refractivity contribution in [2.24, 2.45) is 0 Å². The van der Waals surface area contributed by atoms with Crippen LogP contribution in [0, 0.1) is 0 Å². The molecule has 1 aliphatic heterocycles.